The maximum atomic E-state index is 14.3. The van der Waals surface area contributed by atoms with Crippen molar-refractivity contribution in [3.8, 4) is 5.69 Å². The van der Waals surface area contributed by atoms with Gasteiger partial charge < -0.3 is 15.3 Å². The van der Waals surface area contributed by atoms with E-state index < -0.39 is 30.1 Å². The average molecular weight is 390 g/mol. The predicted molar refractivity (Wildman–Crippen MR) is 94.9 cm³/mol. The first-order chi connectivity index (χ1) is 13.3. The van der Waals surface area contributed by atoms with E-state index in [-0.39, 0.29) is 5.12 Å². The monoisotopic (exact) mass is 390 g/mol. The Morgan fingerprint density at radius 2 is 2.07 bits per heavy atom. The van der Waals surface area contributed by atoms with Crippen LogP contribution in [0, 0.1) is 5.92 Å². The van der Waals surface area contributed by atoms with E-state index in [0.717, 1.165) is 0 Å². The molecular weight excluding hydrogens is 371 g/mol. The highest BCUT2D eigenvalue weighted by Crippen LogP contribution is 2.37. The van der Waals surface area contributed by atoms with Crippen LogP contribution in [0.4, 0.5) is 9.28 Å². The van der Waals surface area contributed by atoms with E-state index >= 15 is 0 Å². The minimum atomic E-state index is -1.15. The van der Waals surface area contributed by atoms with Gasteiger partial charge in [0.25, 0.3) is 0 Å². The molecule has 1 saturated heterocycles. The molecule has 1 aliphatic rings. The topological polar surface area (TPSA) is 125 Å². The first-order valence-electron chi connectivity index (χ1n) is 8.39. The van der Waals surface area contributed by atoms with Crippen LogP contribution in [0.3, 0.4) is 0 Å². The molecule has 2 amide bonds. The molecule has 3 atom stereocenters. The maximum Gasteiger partial charge on any atom is 0.439 e. The van der Waals surface area contributed by atoms with E-state index in [4.69, 9.17) is 15.3 Å². The second-order valence-corrected chi connectivity index (χ2v) is 6.29. The highest BCUT2D eigenvalue weighted by molar-refractivity contribution is 5.96. The van der Waals surface area contributed by atoms with Crippen molar-refractivity contribution in [2.75, 3.05) is 7.11 Å². The maximum absolute atomic E-state index is 14.3. The molecule has 28 heavy (non-hydrogen) atoms. The molecule has 1 aromatic carbocycles. The third-order valence-corrected chi connectivity index (χ3v) is 4.50. The van der Waals surface area contributed by atoms with Crippen molar-refractivity contribution in [1.29, 1.82) is 0 Å². The highest BCUT2D eigenvalue weighted by Gasteiger charge is 2.47. The minimum Gasteiger partial charge on any atom is -0.441 e. The Morgan fingerprint density at radius 3 is 2.68 bits per heavy atom. The van der Waals surface area contributed by atoms with Crippen LogP contribution in [0.1, 0.15) is 31.1 Å². The molecule has 0 saturated carbocycles. The quantitative estimate of drug-likeness (QED) is 0.453. The second kappa shape index (κ2) is 7.62. The molecule has 2 aromatic rings. The van der Waals surface area contributed by atoms with Crippen molar-refractivity contribution >= 4 is 17.7 Å². The molecule has 3 unspecified atom stereocenters. The number of aromatic nitrogens is 3. The lowest BCUT2D eigenvalue weighted by atomic mass is 9.92. The van der Waals surface area contributed by atoms with Crippen LogP contribution in [0.15, 0.2) is 35.6 Å². The largest absolute Gasteiger partial charge is 0.441 e. The van der Waals surface area contributed by atoms with Crippen LogP contribution in [0.2, 0.25) is 0 Å². The van der Waals surface area contributed by atoms with Crippen LogP contribution in [0.5, 0.6) is 0 Å². The van der Waals surface area contributed by atoms with Gasteiger partial charge in [-0.2, -0.15) is 0 Å². The lowest BCUT2D eigenvalue weighted by molar-refractivity contribution is -0.124. The summed E-state index contributed by atoms with van der Waals surface area (Å²) in [4.78, 5) is 27.8. The SMILES string of the molecule is CON=C(C)c1cn(-c2ccc(C3C(C(C)C(N)=O)OC(=O)N3F)cc2)nn1. The normalized spacial score (nSPS) is 20.8. The van der Waals surface area contributed by atoms with Crippen molar-refractivity contribution < 1.29 is 23.6 Å². The van der Waals surface area contributed by atoms with Gasteiger partial charge in [-0.25, -0.2) is 9.48 Å². The number of carbonyl (C=O) groups excluding carboxylic acids is 2. The number of hydrogen-bond acceptors (Lipinski definition) is 7. The molecule has 11 heteroatoms. The number of carbonyl (C=O) groups is 2. The van der Waals surface area contributed by atoms with Crippen LogP contribution in [-0.2, 0) is 14.4 Å². The summed E-state index contributed by atoms with van der Waals surface area (Å²) in [5.41, 5.74) is 7.49. The van der Waals surface area contributed by atoms with E-state index in [9.17, 15) is 14.1 Å². The zero-order valence-corrected chi connectivity index (χ0v) is 15.4. The van der Waals surface area contributed by atoms with Gasteiger partial charge in [-0.05, 0) is 31.5 Å². The van der Waals surface area contributed by atoms with E-state index in [1.165, 1.54) is 18.7 Å². The van der Waals surface area contributed by atoms with Crippen LogP contribution >= 0.6 is 0 Å². The number of cyclic esters (lactones) is 1. The number of hydrogen-bond donors (Lipinski definition) is 1. The number of amides is 2. The van der Waals surface area contributed by atoms with Crippen LogP contribution in [-0.4, -0.2) is 51.0 Å². The van der Waals surface area contributed by atoms with Crippen molar-refractivity contribution in [3.63, 3.8) is 0 Å². The number of primary amides is 1. The molecule has 1 aromatic heterocycles. The Kier molecular flexibility index (Phi) is 5.25. The number of halogens is 1. The van der Waals surface area contributed by atoms with Crippen molar-refractivity contribution in [2.45, 2.75) is 26.0 Å². The molecule has 2 N–H and O–H groups in total. The molecule has 1 aliphatic heterocycles. The van der Waals surface area contributed by atoms with E-state index in [0.29, 0.717) is 22.7 Å². The molecule has 0 aliphatic carbocycles. The Balaban J connectivity index is 1.86. The summed E-state index contributed by atoms with van der Waals surface area (Å²) in [5.74, 6) is -1.53. The number of ether oxygens (including phenoxy) is 1. The van der Waals surface area contributed by atoms with E-state index in [1.54, 1.807) is 37.4 Å². The van der Waals surface area contributed by atoms with Gasteiger partial charge in [0, 0.05) is 0 Å². The first kappa shape index (κ1) is 19.3. The van der Waals surface area contributed by atoms with Gasteiger partial charge in [0.05, 0.1) is 17.8 Å². The number of nitrogens with zero attached hydrogens (tertiary/aromatic N) is 5. The number of benzene rings is 1. The lowest BCUT2D eigenvalue weighted by Crippen LogP contribution is -2.35. The van der Waals surface area contributed by atoms with Gasteiger partial charge in [-0.3, -0.25) is 4.79 Å². The molecular formula is C17H19FN6O4. The molecule has 148 valence electrons. The molecule has 0 bridgehead atoms. The Labute approximate surface area is 159 Å². The summed E-state index contributed by atoms with van der Waals surface area (Å²) in [6.45, 7) is 3.22. The number of nitrogens with two attached hydrogens (primary N) is 1. The molecule has 1 fully saturated rings. The summed E-state index contributed by atoms with van der Waals surface area (Å²) >= 11 is 0. The Hall–Kier alpha value is -3.50. The molecule has 2 heterocycles. The number of oxime groups is 1. The highest BCUT2D eigenvalue weighted by atomic mass is 19.2. The fourth-order valence-corrected chi connectivity index (χ4v) is 2.90. The Morgan fingerprint density at radius 1 is 1.39 bits per heavy atom. The molecule has 3 rings (SSSR count). The predicted octanol–water partition coefficient (Wildman–Crippen LogP) is 1.51. The standard InChI is InChI=1S/C17H19FN6O4/c1-9(16(19)25)15-14(24(18)17(26)28-15)11-4-6-12(7-5-11)23-8-13(20-22-23)10(2)21-27-3/h4-9,14-15H,1-3H3,(H2,19,25). The third-order valence-electron chi connectivity index (χ3n) is 4.50. The fraction of sp³-hybridized carbons (Fsp3) is 0.353. The van der Waals surface area contributed by atoms with E-state index in [2.05, 4.69) is 15.5 Å². The molecule has 0 radical (unpaired) electrons. The van der Waals surface area contributed by atoms with Crippen molar-refractivity contribution in [1.82, 2.24) is 20.1 Å². The first-order valence-corrected chi connectivity index (χ1v) is 8.39. The van der Waals surface area contributed by atoms with Gasteiger partial charge in [0.1, 0.15) is 30.7 Å². The van der Waals surface area contributed by atoms with Crippen molar-refractivity contribution in [3.05, 3.63) is 41.7 Å². The van der Waals surface area contributed by atoms with Gasteiger partial charge in [-0.1, -0.05) is 27.0 Å². The average Bonchev–Trinajstić information content (AvgIpc) is 3.27. The summed E-state index contributed by atoms with van der Waals surface area (Å²) in [6, 6.07) is 5.52. The summed E-state index contributed by atoms with van der Waals surface area (Å²) in [5, 5.41) is 11.8. The number of rotatable bonds is 6. The van der Waals surface area contributed by atoms with Gasteiger partial charge in [0.2, 0.25) is 5.91 Å². The second-order valence-electron chi connectivity index (χ2n) is 6.29. The van der Waals surface area contributed by atoms with Gasteiger partial charge >= 0.3 is 6.09 Å². The molecule has 10 nitrogen and oxygen atoms in total. The summed E-state index contributed by atoms with van der Waals surface area (Å²) < 4.78 is 20.8. The Bertz CT molecular complexity index is 913. The van der Waals surface area contributed by atoms with Gasteiger partial charge in [-0.15, -0.1) is 10.2 Å². The van der Waals surface area contributed by atoms with Crippen molar-refractivity contribution in [2.24, 2.45) is 16.8 Å². The van der Waals surface area contributed by atoms with E-state index in [1.807, 2.05) is 0 Å². The fourth-order valence-electron chi connectivity index (χ4n) is 2.90. The third kappa shape index (κ3) is 3.50. The zero-order chi connectivity index (χ0) is 20.4. The summed E-state index contributed by atoms with van der Waals surface area (Å²) in [6.07, 6.45) is -0.512. The zero-order valence-electron chi connectivity index (χ0n) is 15.4. The van der Waals surface area contributed by atoms with Crippen LogP contribution in [0.25, 0.3) is 5.69 Å². The summed E-state index contributed by atoms with van der Waals surface area (Å²) in [7, 11) is 1.44. The lowest BCUT2D eigenvalue weighted by Gasteiger charge is -2.22. The molecule has 0 spiro atoms. The van der Waals surface area contributed by atoms with Gasteiger partial charge in [0.15, 0.2) is 0 Å². The minimum absolute atomic E-state index is 0.0305. The van der Waals surface area contributed by atoms with Crippen LogP contribution < -0.4 is 5.73 Å². The smallest absolute Gasteiger partial charge is 0.439 e.